The van der Waals surface area contributed by atoms with Crippen LogP contribution < -0.4 is 10.9 Å². The number of carboxylic acid groups (broad SMARTS) is 1. The topological polar surface area (TPSA) is 96.6 Å². The molecular weight excluding hydrogens is 554 g/mol. The standard InChI is InChI=1S/C29H20ClF4NO5/c1-14(9-26(37)38)16-4-3-5-17(10-16)27-19-8-15(2)22(30)13-24(19)40-28(39)20(27)12-25(36)35-23-7-6-18(31)11-21(23)29(32,33)34/h3-11,13H,12H2,1-2H3,(H,35,36)(H,37,38)/b14-9+. The Morgan fingerprint density at radius 3 is 2.50 bits per heavy atom. The summed E-state index contributed by atoms with van der Waals surface area (Å²) in [6, 6.07) is 11.4. The summed E-state index contributed by atoms with van der Waals surface area (Å²) < 4.78 is 59.3. The molecule has 40 heavy (non-hydrogen) atoms. The van der Waals surface area contributed by atoms with Crippen LogP contribution in [0.4, 0.5) is 23.2 Å². The van der Waals surface area contributed by atoms with Gasteiger partial charge in [0.15, 0.2) is 0 Å². The van der Waals surface area contributed by atoms with Crippen LogP contribution in [0.15, 0.2) is 69.9 Å². The van der Waals surface area contributed by atoms with Gasteiger partial charge in [-0.3, -0.25) is 4.79 Å². The number of hydrogen-bond acceptors (Lipinski definition) is 4. The van der Waals surface area contributed by atoms with E-state index in [0.29, 0.717) is 32.7 Å². The first-order chi connectivity index (χ1) is 18.7. The van der Waals surface area contributed by atoms with Crippen LogP contribution in [-0.2, 0) is 22.2 Å². The number of halogens is 5. The molecule has 6 nitrogen and oxygen atoms in total. The fourth-order valence-electron chi connectivity index (χ4n) is 4.26. The van der Waals surface area contributed by atoms with Crippen LogP contribution in [0.5, 0.6) is 0 Å². The maximum Gasteiger partial charge on any atom is 0.418 e. The van der Waals surface area contributed by atoms with E-state index >= 15 is 0 Å². The zero-order valence-corrected chi connectivity index (χ0v) is 21.7. The minimum Gasteiger partial charge on any atom is -0.478 e. The summed E-state index contributed by atoms with van der Waals surface area (Å²) in [5.41, 5.74) is -0.776. The summed E-state index contributed by atoms with van der Waals surface area (Å²) in [5.74, 6) is -3.27. The van der Waals surface area contributed by atoms with E-state index in [1.165, 1.54) is 6.07 Å². The minimum absolute atomic E-state index is 0.112. The van der Waals surface area contributed by atoms with Crippen molar-refractivity contribution in [1.82, 2.24) is 0 Å². The quantitative estimate of drug-likeness (QED) is 0.144. The molecular formula is C29H20ClF4NO5. The molecule has 1 heterocycles. The highest BCUT2D eigenvalue weighted by molar-refractivity contribution is 6.32. The molecule has 0 fully saturated rings. The fraction of sp³-hybridized carbons (Fsp3) is 0.138. The number of carboxylic acids is 1. The maximum atomic E-state index is 13.5. The maximum absolute atomic E-state index is 13.5. The second-order valence-corrected chi connectivity index (χ2v) is 9.41. The molecule has 0 radical (unpaired) electrons. The van der Waals surface area contributed by atoms with Crippen LogP contribution in [-0.4, -0.2) is 17.0 Å². The number of aryl methyl sites for hydroxylation is 1. The number of anilines is 1. The summed E-state index contributed by atoms with van der Waals surface area (Å²) in [4.78, 5) is 37.3. The van der Waals surface area contributed by atoms with Crippen LogP contribution in [0.2, 0.25) is 5.02 Å². The average Bonchev–Trinajstić information content (AvgIpc) is 2.86. The predicted molar refractivity (Wildman–Crippen MR) is 143 cm³/mol. The molecule has 0 saturated carbocycles. The number of hydrogen-bond donors (Lipinski definition) is 2. The van der Waals surface area contributed by atoms with Crippen molar-refractivity contribution >= 4 is 45.7 Å². The van der Waals surface area contributed by atoms with E-state index in [4.69, 9.17) is 21.1 Å². The zero-order valence-electron chi connectivity index (χ0n) is 21.0. The van der Waals surface area contributed by atoms with Gasteiger partial charge in [0.2, 0.25) is 5.91 Å². The fourth-order valence-corrected chi connectivity index (χ4v) is 4.42. The van der Waals surface area contributed by atoms with Crippen molar-refractivity contribution < 1.29 is 36.7 Å². The molecule has 0 unspecified atom stereocenters. The Morgan fingerprint density at radius 1 is 1.10 bits per heavy atom. The number of benzene rings is 3. The molecule has 206 valence electrons. The number of carbonyl (C=O) groups is 2. The van der Waals surface area contributed by atoms with Gasteiger partial charge in [0.1, 0.15) is 11.4 Å². The lowest BCUT2D eigenvalue weighted by molar-refractivity contribution is -0.137. The number of fused-ring (bicyclic) bond motifs is 1. The monoisotopic (exact) mass is 573 g/mol. The second kappa shape index (κ2) is 11.0. The Labute approximate surface area is 229 Å². The van der Waals surface area contributed by atoms with E-state index in [9.17, 15) is 31.9 Å². The third-order valence-electron chi connectivity index (χ3n) is 6.13. The highest BCUT2D eigenvalue weighted by Gasteiger charge is 2.34. The number of aliphatic carboxylic acids is 1. The Morgan fingerprint density at radius 2 is 1.82 bits per heavy atom. The molecule has 4 rings (SSSR count). The molecule has 2 N–H and O–H groups in total. The molecule has 0 atom stereocenters. The molecule has 0 spiro atoms. The van der Waals surface area contributed by atoms with Crippen LogP contribution in [0.25, 0.3) is 27.7 Å². The van der Waals surface area contributed by atoms with E-state index in [2.05, 4.69) is 5.32 Å². The summed E-state index contributed by atoms with van der Waals surface area (Å²) in [5, 5.41) is 12.0. The molecule has 1 amide bonds. The van der Waals surface area contributed by atoms with Gasteiger partial charge in [-0.15, -0.1) is 0 Å². The summed E-state index contributed by atoms with van der Waals surface area (Å²) in [7, 11) is 0. The Kier molecular flexibility index (Phi) is 7.84. The lowest BCUT2D eigenvalue weighted by Gasteiger charge is -2.16. The molecule has 0 bridgehead atoms. The molecule has 3 aromatic carbocycles. The van der Waals surface area contributed by atoms with E-state index in [1.54, 1.807) is 44.2 Å². The van der Waals surface area contributed by atoms with Crippen molar-refractivity contribution in [3.63, 3.8) is 0 Å². The summed E-state index contributed by atoms with van der Waals surface area (Å²) in [6.07, 6.45) is -4.62. The van der Waals surface area contributed by atoms with Crippen molar-refractivity contribution in [3.8, 4) is 11.1 Å². The van der Waals surface area contributed by atoms with Crippen molar-refractivity contribution in [3.05, 3.63) is 104 Å². The van der Waals surface area contributed by atoms with Gasteiger partial charge in [-0.1, -0.05) is 29.8 Å². The van der Waals surface area contributed by atoms with E-state index < -0.39 is 47.2 Å². The average molecular weight is 574 g/mol. The highest BCUT2D eigenvalue weighted by Crippen LogP contribution is 2.37. The second-order valence-electron chi connectivity index (χ2n) is 9.00. The highest BCUT2D eigenvalue weighted by atomic mass is 35.5. The number of allylic oxidation sites excluding steroid dienone is 1. The van der Waals surface area contributed by atoms with Crippen molar-refractivity contribution in [2.24, 2.45) is 0 Å². The Bertz CT molecular complexity index is 1760. The van der Waals surface area contributed by atoms with Gasteiger partial charge >= 0.3 is 17.8 Å². The number of amides is 1. The molecule has 1 aromatic heterocycles. The largest absolute Gasteiger partial charge is 0.478 e. The molecule has 0 aliphatic carbocycles. The lowest BCUT2D eigenvalue weighted by atomic mass is 9.92. The SMILES string of the molecule is C/C(=C\C(=O)O)c1cccc(-c2c(CC(=O)Nc3ccc(F)cc3C(F)(F)F)c(=O)oc3cc(Cl)c(C)cc23)c1. The van der Waals surface area contributed by atoms with Crippen LogP contribution in [0.1, 0.15) is 29.2 Å². The van der Waals surface area contributed by atoms with Gasteiger partial charge < -0.3 is 14.8 Å². The van der Waals surface area contributed by atoms with Gasteiger partial charge in [-0.05, 0) is 66.4 Å². The first-order valence-electron chi connectivity index (χ1n) is 11.7. The number of nitrogens with one attached hydrogen (secondary N) is 1. The van der Waals surface area contributed by atoms with Crippen molar-refractivity contribution in [2.45, 2.75) is 26.4 Å². The lowest BCUT2D eigenvalue weighted by Crippen LogP contribution is -2.22. The van der Waals surface area contributed by atoms with Gasteiger partial charge in [0, 0.05) is 28.1 Å². The minimum atomic E-state index is -4.95. The van der Waals surface area contributed by atoms with Crippen molar-refractivity contribution in [1.29, 1.82) is 0 Å². The van der Waals surface area contributed by atoms with E-state index in [-0.39, 0.29) is 22.8 Å². The normalized spacial score (nSPS) is 12.0. The molecule has 0 saturated heterocycles. The van der Waals surface area contributed by atoms with Crippen LogP contribution in [0, 0.1) is 12.7 Å². The van der Waals surface area contributed by atoms with Crippen LogP contribution >= 0.6 is 11.6 Å². The van der Waals surface area contributed by atoms with Gasteiger partial charge in [0.25, 0.3) is 0 Å². The third kappa shape index (κ3) is 6.07. The number of alkyl halides is 3. The van der Waals surface area contributed by atoms with Crippen LogP contribution in [0.3, 0.4) is 0 Å². The molecule has 0 aliphatic heterocycles. The molecule has 11 heteroatoms. The molecule has 0 aliphatic rings. The van der Waals surface area contributed by atoms with Gasteiger partial charge in [-0.25, -0.2) is 14.0 Å². The van der Waals surface area contributed by atoms with Gasteiger partial charge in [0.05, 0.1) is 23.2 Å². The van der Waals surface area contributed by atoms with Gasteiger partial charge in [-0.2, -0.15) is 13.2 Å². The van der Waals surface area contributed by atoms with Crippen molar-refractivity contribution in [2.75, 3.05) is 5.32 Å². The number of rotatable bonds is 6. The first-order valence-corrected chi connectivity index (χ1v) is 12.1. The Balaban J connectivity index is 1.88. The Hall–Kier alpha value is -4.44. The third-order valence-corrected chi connectivity index (χ3v) is 6.53. The van der Waals surface area contributed by atoms with E-state index in [1.807, 2.05) is 0 Å². The van der Waals surface area contributed by atoms with E-state index in [0.717, 1.165) is 18.2 Å². The number of carbonyl (C=O) groups excluding carboxylic acids is 1. The smallest absolute Gasteiger partial charge is 0.418 e. The molecule has 4 aromatic rings. The summed E-state index contributed by atoms with van der Waals surface area (Å²) in [6.45, 7) is 3.30. The first kappa shape index (κ1) is 28.6. The zero-order chi connectivity index (χ0) is 29.4. The summed E-state index contributed by atoms with van der Waals surface area (Å²) >= 11 is 6.22. The predicted octanol–water partition coefficient (Wildman–Crippen LogP) is 7.25.